The maximum absolute atomic E-state index is 5.89. The molecule has 1 heterocycles. The summed E-state index contributed by atoms with van der Waals surface area (Å²) in [6.45, 7) is 7.53. The lowest BCUT2D eigenvalue weighted by Gasteiger charge is -2.27. The zero-order valence-corrected chi connectivity index (χ0v) is 9.29. The summed E-state index contributed by atoms with van der Waals surface area (Å²) in [6, 6.07) is 6.37. The number of nitrogen functional groups attached to an aromatic ring is 1. The first-order valence-electron chi connectivity index (χ1n) is 5.54. The topological polar surface area (TPSA) is 41.3 Å². The summed E-state index contributed by atoms with van der Waals surface area (Å²) >= 11 is 0. The first-order chi connectivity index (χ1) is 7.25. The number of anilines is 1. The Morgan fingerprint density at radius 2 is 2.07 bits per heavy atom. The lowest BCUT2D eigenvalue weighted by molar-refractivity contribution is 0.233. The molecule has 0 amide bonds. The Morgan fingerprint density at radius 1 is 1.33 bits per heavy atom. The molecule has 0 atom stereocenters. The number of hydrogen-bond acceptors (Lipinski definition) is 3. The molecular formula is C12H19N3. The molecule has 1 saturated heterocycles. The van der Waals surface area contributed by atoms with E-state index in [1.54, 1.807) is 0 Å². The van der Waals surface area contributed by atoms with Gasteiger partial charge in [-0.2, -0.15) is 0 Å². The molecule has 3 N–H and O–H groups in total. The van der Waals surface area contributed by atoms with Crippen molar-refractivity contribution in [3.63, 3.8) is 0 Å². The van der Waals surface area contributed by atoms with Crippen LogP contribution in [0.15, 0.2) is 18.2 Å². The standard InChI is InChI=1S/C12H19N3/c1-10-2-3-11(8-12(10)13)9-15-6-4-14-5-7-15/h2-3,8,14H,4-7,9,13H2,1H3. The summed E-state index contributed by atoms with van der Waals surface area (Å²) in [7, 11) is 0. The largest absolute Gasteiger partial charge is 0.399 e. The monoisotopic (exact) mass is 205 g/mol. The van der Waals surface area contributed by atoms with Gasteiger partial charge in [-0.3, -0.25) is 4.90 Å². The van der Waals surface area contributed by atoms with Gasteiger partial charge in [-0.15, -0.1) is 0 Å². The fraction of sp³-hybridized carbons (Fsp3) is 0.500. The van der Waals surface area contributed by atoms with Crippen LogP contribution in [-0.2, 0) is 6.54 Å². The van der Waals surface area contributed by atoms with Crippen LogP contribution in [0.4, 0.5) is 5.69 Å². The molecule has 1 aromatic carbocycles. The molecular weight excluding hydrogens is 186 g/mol. The van der Waals surface area contributed by atoms with E-state index in [4.69, 9.17) is 5.73 Å². The molecule has 0 saturated carbocycles. The second kappa shape index (κ2) is 4.64. The molecule has 0 bridgehead atoms. The maximum atomic E-state index is 5.89. The Bertz CT molecular complexity index is 330. The number of hydrogen-bond donors (Lipinski definition) is 2. The van der Waals surface area contributed by atoms with E-state index < -0.39 is 0 Å². The lowest BCUT2D eigenvalue weighted by atomic mass is 10.1. The van der Waals surface area contributed by atoms with Crippen molar-refractivity contribution in [2.75, 3.05) is 31.9 Å². The van der Waals surface area contributed by atoms with Gasteiger partial charge in [0.1, 0.15) is 0 Å². The molecule has 1 aliphatic heterocycles. The molecule has 3 nitrogen and oxygen atoms in total. The van der Waals surface area contributed by atoms with Crippen molar-refractivity contribution in [1.82, 2.24) is 10.2 Å². The third-order valence-corrected chi connectivity index (χ3v) is 2.96. The second-order valence-electron chi connectivity index (χ2n) is 4.22. The summed E-state index contributed by atoms with van der Waals surface area (Å²) in [5.41, 5.74) is 9.29. The molecule has 0 radical (unpaired) electrons. The normalized spacial score (nSPS) is 17.9. The minimum absolute atomic E-state index is 0.905. The highest BCUT2D eigenvalue weighted by Crippen LogP contribution is 2.14. The highest BCUT2D eigenvalue weighted by Gasteiger charge is 2.09. The van der Waals surface area contributed by atoms with E-state index in [2.05, 4.69) is 28.4 Å². The first kappa shape index (κ1) is 10.5. The molecule has 0 unspecified atom stereocenters. The van der Waals surface area contributed by atoms with E-state index in [-0.39, 0.29) is 0 Å². The number of piperazine rings is 1. The maximum Gasteiger partial charge on any atom is 0.0346 e. The highest BCUT2D eigenvalue weighted by molar-refractivity contribution is 5.48. The van der Waals surface area contributed by atoms with E-state index in [9.17, 15) is 0 Å². The summed E-state index contributed by atoms with van der Waals surface area (Å²) in [4.78, 5) is 2.46. The third kappa shape index (κ3) is 2.70. The van der Waals surface area contributed by atoms with Crippen LogP contribution in [0.25, 0.3) is 0 Å². The van der Waals surface area contributed by atoms with Gasteiger partial charge in [0.2, 0.25) is 0 Å². The van der Waals surface area contributed by atoms with E-state index in [1.165, 1.54) is 11.1 Å². The molecule has 3 heteroatoms. The van der Waals surface area contributed by atoms with Gasteiger partial charge in [0.25, 0.3) is 0 Å². The SMILES string of the molecule is Cc1ccc(CN2CCNCC2)cc1N. The summed E-state index contributed by atoms with van der Waals surface area (Å²) in [6.07, 6.45) is 0. The summed E-state index contributed by atoms with van der Waals surface area (Å²) < 4.78 is 0. The van der Waals surface area contributed by atoms with Crippen molar-refractivity contribution in [1.29, 1.82) is 0 Å². The lowest BCUT2D eigenvalue weighted by Crippen LogP contribution is -2.42. The van der Waals surface area contributed by atoms with Crippen molar-refractivity contribution < 1.29 is 0 Å². The Hall–Kier alpha value is -1.06. The van der Waals surface area contributed by atoms with Crippen LogP contribution in [0.1, 0.15) is 11.1 Å². The molecule has 15 heavy (non-hydrogen) atoms. The first-order valence-corrected chi connectivity index (χ1v) is 5.54. The highest BCUT2D eigenvalue weighted by atomic mass is 15.2. The number of rotatable bonds is 2. The molecule has 0 aliphatic carbocycles. The fourth-order valence-corrected chi connectivity index (χ4v) is 1.92. The van der Waals surface area contributed by atoms with Gasteiger partial charge < -0.3 is 11.1 Å². The minimum atomic E-state index is 0.905. The second-order valence-corrected chi connectivity index (χ2v) is 4.22. The van der Waals surface area contributed by atoms with Gasteiger partial charge >= 0.3 is 0 Å². The zero-order valence-electron chi connectivity index (χ0n) is 9.29. The molecule has 0 spiro atoms. The molecule has 2 rings (SSSR count). The van der Waals surface area contributed by atoms with Gasteiger partial charge in [0.05, 0.1) is 0 Å². The zero-order chi connectivity index (χ0) is 10.7. The average molecular weight is 205 g/mol. The smallest absolute Gasteiger partial charge is 0.0346 e. The van der Waals surface area contributed by atoms with E-state index >= 15 is 0 Å². The number of aryl methyl sites for hydroxylation is 1. The molecule has 1 aromatic rings. The molecule has 1 fully saturated rings. The summed E-state index contributed by atoms with van der Waals surface area (Å²) in [5, 5.41) is 3.35. The van der Waals surface area contributed by atoms with Crippen LogP contribution in [0.3, 0.4) is 0 Å². The number of nitrogens with two attached hydrogens (primary N) is 1. The van der Waals surface area contributed by atoms with Crippen LogP contribution in [0, 0.1) is 6.92 Å². The number of benzene rings is 1. The number of nitrogens with zero attached hydrogens (tertiary/aromatic N) is 1. The van der Waals surface area contributed by atoms with Gasteiger partial charge in [-0.1, -0.05) is 12.1 Å². The Morgan fingerprint density at radius 3 is 2.73 bits per heavy atom. The van der Waals surface area contributed by atoms with Crippen LogP contribution >= 0.6 is 0 Å². The predicted molar refractivity (Wildman–Crippen MR) is 63.7 cm³/mol. The van der Waals surface area contributed by atoms with Gasteiger partial charge in [-0.05, 0) is 24.1 Å². The van der Waals surface area contributed by atoms with Crippen molar-refractivity contribution in [2.45, 2.75) is 13.5 Å². The molecule has 0 aromatic heterocycles. The van der Waals surface area contributed by atoms with Crippen LogP contribution in [0.2, 0.25) is 0 Å². The van der Waals surface area contributed by atoms with E-state index in [0.717, 1.165) is 38.4 Å². The van der Waals surface area contributed by atoms with E-state index in [0.29, 0.717) is 0 Å². The van der Waals surface area contributed by atoms with Crippen molar-refractivity contribution in [3.05, 3.63) is 29.3 Å². The Labute approximate surface area is 91.3 Å². The van der Waals surface area contributed by atoms with E-state index in [1.807, 2.05) is 6.92 Å². The van der Waals surface area contributed by atoms with Crippen LogP contribution < -0.4 is 11.1 Å². The van der Waals surface area contributed by atoms with Crippen LogP contribution in [-0.4, -0.2) is 31.1 Å². The van der Waals surface area contributed by atoms with Crippen molar-refractivity contribution in [2.24, 2.45) is 0 Å². The molecule has 1 aliphatic rings. The van der Waals surface area contributed by atoms with Gasteiger partial charge in [-0.25, -0.2) is 0 Å². The van der Waals surface area contributed by atoms with Gasteiger partial charge in [0.15, 0.2) is 0 Å². The Balaban J connectivity index is 2.00. The Kier molecular flexibility index (Phi) is 3.23. The third-order valence-electron chi connectivity index (χ3n) is 2.96. The number of nitrogens with one attached hydrogen (secondary N) is 1. The summed E-state index contributed by atoms with van der Waals surface area (Å²) in [5.74, 6) is 0. The fourth-order valence-electron chi connectivity index (χ4n) is 1.92. The quantitative estimate of drug-likeness (QED) is 0.707. The van der Waals surface area contributed by atoms with Gasteiger partial charge in [0, 0.05) is 38.4 Å². The van der Waals surface area contributed by atoms with Crippen molar-refractivity contribution >= 4 is 5.69 Å². The predicted octanol–water partition coefficient (Wildman–Crippen LogP) is 0.982. The minimum Gasteiger partial charge on any atom is -0.399 e. The van der Waals surface area contributed by atoms with Crippen molar-refractivity contribution in [3.8, 4) is 0 Å². The van der Waals surface area contributed by atoms with Crippen LogP contribution in [0.5, 0.6) is 0 Å². The molecule has 82 valence electrons. The average Bonchev–Trinajstić information content (AvgIpc) is 2.25.